The first-order valence-electron chi connectivity index (χ1n) is 5.09. The van der Waals surface area contributed by atoms with Crippen LogP contribution in [0.15, 0.2) is 41.1 Å². The molecular formula is C13H10N2O2. The molecule has 0 aliphatic carbocycles. The number of benzene rings is 1. The van der Waals surface area contributed by atoms with Crippen LogP contribution in [0.3, 0.4) is 0 Å². The summed E-state index contributed by atoms with van der Waals surface area (Å²) in [5.74, 6) is 0.650. The van der Waals surface area contributed by atoms with Crippen LogP contribution < -0.4 is 0 Å². The summed E-state index contributed by atoms with van der Waals surface area (Å²) in [4.78, 5) is 0. The monoisotopic (exact) mass is 226 g/mol. The van der Waals surface area contributed by atoms with E-state index in [0.717, 1.165) is 5.56 Å². The van der Waals surface area contributed by atoms with Gasteiger partial charge in [-0.1, -0.05) is 23.4 Å². The number of nitrogens with zero attached hydrogens (tertiary/aromatic N) is 2. The first-order valence-corrected chi connectivity index (χ1v) is 5.09. The molecule has 1 N–H and O–H groups in total. The van der Waals surface area contributed by atoms with Crippen molar-refractivity contribution in [2.45, 2.75) is 6.42 Å². The summed E-state index contributed by atoms with van der Waals surface area (Å²) < 4.78 is 4.99. The van der Waals surface area contributed by atoms with Crippen molar-refractivity contribution in [3.8, 4) is 23.1 Å². The largest absolute Gasteiger partial charge is 0.507 e. The fraction of sp³-hybridized carbons (Fsp3) is 0.0769. The molecule has 0 spiro atoms. The Labute approximate surface area is 98.4 Å². The van der Waals surface area contributed by atoms with Gasteiger partial charge in [0.05, 0.1) is 24.3 Å². The summed E-state index contributed by atoms with van der Waals surface area (Å²) in [7, 11) is 0. The molecule has 2 aromatic rings. The van der Waals surface area contributed by atoms with Gasteiger partial charge in [-0.2, -0.15) is 5.26 Å². The van der Waals surface area contributed by atoms with E-state index < -0.39 is 0 Å². The van der Waals surface area contributed by atoms with E-state index in [-0.39, 0.29) is 5.75 Å². The lowest BCUT2D eigenvalue weighted by Crippen LogP contribution is -1.79. The molecule has 0 bridgehead atoms. The third kappa shape index (κ3) is 2.52. The molecule has 4 nitrogen and oxygen atoms in total. The van der Waals surface area contributed by atoms with Crippen LogP contribution in [0.4, 0.5) is 0 Å². The van der Waals surface area contributed by atoms with Gasteiger partial charge < -0.3 is 9.63 Å². The molecule has 17 heavy (non-hydrogen) atoms. The number of hydrogen-bond acceptors (Lipinski definition) is 4. The summed E-state index contributed by atoms with van der Waals surface area (Å²) >= 11 is 0. The lowest BCUT2D eigenvalue weighted by Gasteiger charge is -2.01. The lowest BCUT2D eigenvalue weighted by molar-refractivity contribution is 0.426. The van der Waals surface area contributed by atoms with Crippen molar-refractivity contribution in [2.75, 3.05) is 0 Å². The summed E-state index contributed by atoms with van der Waals surface area (Å²) in [6, 6.07) is 8.84. The quantitative estimate of drug-likeness (QED) is 0.873. The standard InChI is InChI=1S/C13H10N2O2/c14-7-2-1-3-10-4-5-12(16)11(9-10)13-6-8-15-17-13/h1,3-6,8-9,16H,2H2. The Kier molecular flexibility index (Phi) is 3.22. The van der Waals surface area contributed by atoms with Gasteiger partial charge in [-0.15, -0.1) is 0 Å². The van der Waals surface area contributed by atoms with Gasteiger partial charge in [-0.3, -0.25) is 0 Å². The van der Waals surface area contributed by atoms with E-state index in [4.69, 9.17) is 9.78 Å². The highest BCUT2D eigenvalue weighted by molar-refractivity contribution is 5.69. The highest BCUT2D eigenvalue weighted by Crippen LogP contribution is 2.29. The number of hydrogen-bond donors (Lipinski definition) is 1. The van der Waals surface area contributed by atoms with E-state index in [0.29, 0.717) is 17.7 Å². The minimum Gasteiger partial charge on any atom is -0.507 e. The Morgan fingerprint density at radius 2 is 2.29 bits per heavy atom. The van der Waals surface area contributed by atoms with Crippen LogP contribution in [-0.2, 0) is 0 Å². The minimum absolute atomic E-state index is 0.138. The molecule has 1 aromatic heterocycles. The summed E-state index contributed by atoms with van der Waals surface area (Å²) in [6.45, 7) is 0. The maximum absolute atomic E-state index is 9.71. The van der Waals surface area contributed by atoms with Crippen molar-refractivity contribution in [3.05, 3.63) is 42.1 Å². The number of allylic oxidation sites excluding steroid dienone is 1. The van der Waals surface area contributed by atoms with Crippen LogP contribution in [0.2, 0.25) is 0 Å². The molecule has 1 aromatic carbocycles. The van der Waals surface area contributed by atoms with Crippen molar-refractivity contribution in [3.63, 3.8) is 0 Å². The molecule has 0 saturated heterocycles. The van der Waals surface area contributed by atoms with Gasteiger partial charge in [0.1, 0.15) is 5.75 Å². The second-order valence-corrected chi connectivity index (χ2v) is 3.42. The van der Waals surface area contributed by atoms with Crippen LogP contribution in [-0.4, -0.2) is 10.3 Å². The second-order valence-electron chi connectivity index (χ2n) is 3.42. The highest BCUT2D eigenvalue weighted by Gasteiger charge is 2.07. The van der Waals surface area contributed by atoms with Crippen LogP contribution >= 0.6 is 0 Å². The summed E-state index contributed by atoms with van der Waals surface area (Å²) in [5, 5.41) is 21.7. The molecule has 84 valence electrons. The number of aromatic nitrogens is 1. The summed E-state index contributed by atoms with van der Waals surface area (Å²) in [5.41, 5.74) is 1.48. The van der Waals surface area contributed by atoms with E-state index in [1.165, 1.54) is 6.20 Å². The van der Waals surface area contributed by atoms with Crippen LogP contribution in [0, 0.1) is 11.3 Å². The van der Waals surface area contributed by atoms with Gasteiger partial charge in [-0.05, 0) is 17.7 Å². The van der Waals surface area contributed by atoms with Crippen LogP contribution in [0.25, 0.3) is 17.4 Å². The van der Waals surface area contributed by atoms with Crippen LogP contribution in [0.1, 0.15) is 12.0 Å². The van der Waals surface area contributed by atoms with Crippen molar-refractivity contribution in [1.82, 2.24) is 5.16 Å². The number of phenols is 1. The van der Waals surface area contributed by atoms with E-state index in [2.05, 4.69) is 5.16 Å². The van der Waals surface area contributed by atoms with Crippen LogP contribution in [0.5, 0.6) is 5.75 Å². The maximum Gasteiger partial charge on any atom is 0.170 e. The Hall–Kier alpha value is -2.54. The van der Waals surface area contributed by atoms with Gasteiger partial charge >= 0.3 is 0 Å². The van der Waals surface area contributed by atoms with Gasteiger partial charge in [0.15, 0.2) is 5.76 Å². The molecule has 1 heterocycles. The Bertz CT molecular complexity index is 566. The molecule has 0 amide bonds. The average molecular weight is 226 g/mol. The second kappa shape index (κ2) is 4.99. The highest BCUT2D eigenvalue weighted by atomic mass is 16.5. The first kappa shape index (κ1) is 11.0. The summed E-state index contributed by atoms with van der Waals surface area (Å²) in [6.07, 6.45) is 5.46. The fourth-order valence-corrected chi connectivity index (χ4v) is 1.46. The first-order chi connectivity index (χ1) is 8.31. The van der Waals surface area contributed by atoms with Gasteiger partial charge in [0.2, 0.25) is 0 Å². The molecule has 0 aliphatic heterocycles. The van der Waals surface area contributed by atoms with Gasteiger partial charge in [0, 0.05) is 6.07 Å². The Morgan fingerprint density at radius 1 is 1.41 bits per heavy atom. The lowest BCUT2D eigenvalue weighted by atomic mass is 10.1. The SMILES string of the molecule is N#CCC=Cc1ccc(O)c(-c2ccno2)c1. The van der Waals surface area contributed by atoms with E-state index in [1.54, 1.807) is 30.3 Å². The maximum atomic E-state index is 9.71. The topological polar surface area (TPSA) is 70.0 Å². The van der Waals surface area contributed by atoms with Crippen molar-refractivity contribution < 1.29 is 9.63 Å². The van der Waals surface area contributed by atoms with Crippen molar-refractivity contribution >= 4 is 6.08 Å². The van der Waals surface area contributed by atoms with E-state index in [9.17, 15) is 5.11 Å². The van der Waals surface area contributed by atoms with Gasteiger partial charge in [0.25, 0.3) is 0 Å². The zero-order valence-corrected chi connectivity index (χ0v) is 9.00. The van der Waals surface area contributed by atoms with Crippen molar-refractivity contribution in [1.29, 1.82) is 5.26 Å². The average Bonchev–Trinajstić information content (AvgIpc) is 2.85. The number of phenolic OH excluding ortho intramolecular Hbond substituents is 1. The predicted octanol–water partition coefficient (Wildman–Crippen LogP) is 2.97. The number of aromatic hydroxyl groups is 1. The van der Waals surface area contributed by atoms with E-state index >= 15 is 0 Å². The van der Waals surface area contributed by atoms with Crippen molar-refractivity contribution in [2.24, 2.45) is 0 Å². The number of rotatable bonds is 3. The molecule has 0 saturated carbocycles. The third-order valence-electron chi connectivity index (χ3n) is 2.24. The number of nitriles is 1. The van der Waals surface area contributed by atoms with Gasteiger partial charge in [-0.25, -0.2) is 0 Å². The smallest absolute Gasteiger partial charge is 0.170 e. The zero-order chi connectivity index (χ0) is 12.1. The Balaban J connectivity index is 2.34. The van der Waals surface area contributed by atoms with E-state index in [1.807, 2.05) is 12.1 Å². The molecule has 2 rings (SSSR count). The minimum atomic E-state index is 0.138. The normalized spacial score (nSPS) is 10.5. The molecule has 0 aliphatic rings. The molecule has 4 heteroatoms. The molecule has 0 atom stereocenters. The predicted molar refractivity (Wildman–Crippen MR) is 62.9 cm³/mol. The molecule has 0 radical (unpaired) electrons. The molecule has 0 unspecified atom stereocenters. The zero-order valence-electron chi connectivity index (χ0n) is 9.00. The fourth-order valence-electron chi connectivity index (χ4n) is 1.46. The molecular weight excluding hydrogens is 216 g/mol. The third-order valence-corrected chi connectivity index (χ3v) is 2.24. The molecule has 0 fully saturated rings. The Morgan fingerprint density at radius 3 is 3.00 bits per heavy atom.